The maximum atomic E-state index is 15.3. The molecule has 0 aliphatic carbocycles. The zero-order valence-corrected chi connectivity index (χ0v) is 20.1. The first-order valence-corrected chi connectivity index (χ1v) is 11.3. The molecule has 0 atom stereocenters. The molecular weight excluding hydrogens is 460 g/mol. The van der Waals surface area contributed by atoms with Crippen molar-refractivity contribution in [1.29, 1.82) is 0 Å². The van der Waals surface area contributed by atoms with E-state index in [-0.39, 0.29) is 28.4 Å². The zero-order valence-electron chi connectivity index (χ0n) is 20.1. The van der Waals surface area contributed by atoms with E-state index in [2.05, 4.69) is 4.98 Å². The molecular formula is C24H27F2N5O4. The van der Waals surface area contributed by atoms with Crippen LogP contribution in [-0.4, -0.2) is 81.3 Å². The Morgan fingerprint density at radius 2 is 1.60 bits per heavy atom. The van der Waals surface area contributed by atoms with Crippen molar-refractivity contribution in [1.82, 2.24) is 15.0 Å². The van der Waals surface area contributed by atoms with Gasteiger partial charge in [0.05, 0.1) is 57.4 Å². The Kier molecular flexibility index (Phi) is 6.06. The molecule has 1 aromatic carbocycles. The van der Waals surface area contributed by atoms with Gasteiger partial charge >= 0.3 is 0 Å². The molecule has 0 bridgehead atoms. The Hall–Kier alpha value is -3.31. The molecule has 4 heterocycles. The minimum absolute atomic E-state index is 0.0912. The van der Waals surface area contributed by atoms with E-state index >= 15 is 8.78 Å². The molecule has 2 fully saturated rings. The number of fused-ring (bicyclic) bond motifs is 1. The highest BCUT2D eigenvalue weighted by Gasteiger charge is 2.41. The summed E-state index contributed by atoms with van der Waals surface area (Å²) >= 11 is 0. The fraction of sp³-hybridized carbons (Fsp3) is 0.458. The molecule has 3 aromatic rings. The SMILES string of the molecule is COc1cc(OC)c(F)c(-c2cc3cnc(N4CCOCC4)nc3c(N3CC(C)(OC)C3)n2)c1F. The first-order valence-electron chi connectivity index (χ1n) is 11.3. The van der Waals surface area contributed by atoms with Crippen LogP contribution in [0.1, 0.15) is 6.92 Å². The van der Waals surface area contributed by atoms with Gasteiger partial charge in [0.25, 0.3) is 0 Å². The summed E-state index contributed by atoms with van der Waals surface area (Å²) < 4.78 is 51.9. The molecule has 5 rings (SSSR count). The number of benzene rings is 1. The predicted octanol–water partition coefficient (Wildman–Crippen LogP) is 3.05. The smallest absolute Gasteiger partial charge is 0.226 e. The number of ether oxygens (including phenoxy) is 4. The second-order valence-corrected chi connectivity index (χ2v) is 8.83. The third-order valence-electron chi connectivity index (χ3n) is 6.50. The van der Waals surface area contributed by atoms with E-state index in [1.165, 1.54) is 20.3 Å². The van der Waals surface area contributed by atoms with Crippen LogP contribution in [0.3, 0.4) is 0 Å². The van der Waals surface area contributed by atoms with Gasteiger partial charge in [0.15, 0.2) is 29.0 Å². The molecule has 0 radical (unpaired) electrons. The van der Waals surface area contributed by atoms with Crippen molar-refractivity contribution < 1.29 is 27.7 Å². The van der Waals surface area contributed by atoms with E-state index in [0.29, 0.717) is 62.1 Å². The second-order valence-electron chi connectivity index (χ2n) is 8.83. The Balaban J connectivity index is 1.68. The van der Waals surface area contributed by atoms with Gasteiger partial charge in [-0.2, -0.15) is 0 Å². The van der Waals surface area contributed by atoms with E-state index in [1.54, 1.807) is 19.4 Å². The highest BCUT2D eigenvalue weighted by atomic mass is 19.1. The number of anilines is 2. The minimum Gasteiger partial charge on any atom is -0.494 e. The Labute approximate surface area is 201 Å². The first-order chi connectivity index (χ1) is 16.9. The summed E-state index contributed by atoms with van der Waals surface area (Å²) in [4.78, 5) is 18.0. The quantitative estimate of drug-likeness (QED) is 0.521. The average Bonchev–Trinajstić information content (AvgIpc) is 2.87. The minimum atomic E-state index is -0.861. The fourth-order valence-electron chi connectivity index (χ4n) is 4.43. The van der Waals surface area contributed by atoms with Crippen LogP contribution in [-0.2, 0) is 9.47 Å². The topological polar surface area (TPSA) is 82.1 Å². The van der Waals surface area contributed by atoms with Crippen LogP contribution in [0.5, 0.6) is 11.5 Å². The monoisotopic (exact) mass is 487 g/mol. The van der Waals surface area contributed by atoms with E-state index in [9.17, 15) is 0 Å². The summed E-state index contributed by atoms with van der Waals surface area (Å²) in [5.41, 5.74) is 0.00361. The molecule has 0 saturated carbocycles. The van der Waals surface area contributed by atoms with Gasteiger partial charge in [0.1, 0.15) is 5.52 Å². The van der Waals surface area contributed by atoms with Gasteiger partial charge in [-0.15, -0.1) is 0 Å². The van der Waals surface area contributed by atoms with Crippen LogP contribution in [0.15, 0.2) is 18.3 Å². The zero-order chi connectivity index (χ0) is 24.7. The molecule has 9 nitrogen and oxygen atoms in total. The normalized spacial score (nSPS) is 17.4. The van der Waals surface area contributed by atoms with E-state index in [0.717, 1.165) is 0 Å². The summed E-state index contributed by atoms with van der Waals surface area (Å²) in [6.45, 7) is 5.66. The van der Waals surface area contributed by atoms with Gasteiger partial charge in [-0.25, -0.2) is 23.7 Å². The summed E-state index contributed by atoms with van der Waals surface area (Å²) in [6.07, 6.45) is 1.66. The second kappa shape index (κ2) is 9.04. The van der Waals surface area contributed by atoms with Crippen LogP contribution in [0.4, 0.5) is 20.5 Å². The highest BCUT2D eigenvalue weighted by molar-refractivity contribution is 5.92. The lowest BCUT2D eigenvalue weighted by atomic mass is 9.96. The van der Waals surface area contributed by atoms with Crippen molar-refractivity contribution in [3.63, 3.8) is 0 Å². The van der Waals surface area contributed by atoms with Crippen molar-refractivity contribution >= 4 is 22.7 Å². The number of methoxy groups -OCH3 is 3. The van der Waals surface area contributed by atoms with Crippen molar-refractivity contribution in [2.75, 3.05) is 70.5 Å². The lowest BCUT2D eigenvalue weighted by Gasteiger charge is -2.47. The van der Waals surface area contributed by atoms with Crippen molar-refractivity contribution in [2.24, 2.45) is 0 Å². The summed E-state index contributed by atoms with van der Waals surface area (Å²) in [5, 5.41) is 0.605. The maximum absolute atomic E-state index is 15.3. The Morgan fingerprint density at radius 3 is 2.20 bits per heavy atom. The van der Waals surface area contributed by atoms with Crippen LogP contribution in [0.2, 0.25) is 0 Å². The first kappa shape index (κ1) is 23.4. The standard InChI is InChI=1S/C24H27F2N5O4/c1-24(34-4)12-31(13-24)22-21-14(11-27-23(29-21)30-5-7-35-8-6-30)9-15(28-22)18-19(25)16(32-2)10-17(33-3)20(18)26/h9-11H,5-8,12-13H2,1-4H3. The fourth-order valence-corrected chi connectivity index (χ4v) is 4.43. The molecule has 2 saturated heterocycles. The van der Waals surface area contributed by atoms with E-state index in [4.69, 9.17) is 28.9 Å². The maximum Gasteiger partial charge on any atom is 0.226 e. The molecule has 0 amide bonds. The number of hydrogen-bond donors (Lipinski definition) is 0. The average molecular weight is 488 g/mol. The largest absolute Gasteiger partial charge is 0.494 e. The number of aromatic nitrogens is 3. The summed E-state index contributed by atoms with van der Waals surface area (Å²) in [5.74, 6) is -0.941. The molecule has 2 aromatic heterocycles. The van der Waals surface area contributed by atoms with Gasteiger partial charge in [-0.05, 0) is 13.0 Å². The molecule has 2 aliphatic heterocycles. The molecule has 0 N–H and O–H groups in total. The highest BCUT2D eigenvalue weighted by Crippen LogP contribution is 2.40. The van der Waals surface area contributed by atoms with Crippen LogP contribution < -0.4 is 19.3 Å². The summed E-state index contributed by atoms with van der Waals surface area (Å²) in [7, 11) is 4.28. The number of hydrogen-bond acceptors (Lipinski definition) is 9. The molecule has 0 unspecified atom stereocenters. The Bertz CT molecular complexity index is 1230. The molecule has 35 heavy (non-hydrogen) atoms. The van der Waals surface area contributed by atoms with Gasteiger partial charge in [0, 0.05) is 37.8 Å². The summed E-state index contributed by atoms with van der Waals surface area (Å²) in [6, 6.07) is 2.75. The Morgan fingerprint density at radius 1 is 0.943 bits per heavy atom. The molecule has 186 valence electrons. The number of nitrogens with zero attached hydrogens (tertiary/aromatic N) is 5. The van der Waals surface area contributed by atoms with Gasteiger partial charge < -0.3 is 28.7 Å². The van der Waals surface area contributed by atoms with Crippen LogP contribution in [0, 0.1) is 11.6 Å². The molecule has 11 heteroatoms. The van der Waals surface area contributed by atoms with Crippen LogP contribution >= 0.6 is 0 Å². The van der Waals surface area contributed by atoms with E-state index in [1.807, 2.05) is 16.7 Å². The lowest BCUT2D eigenvalue weighted by molar-refractivity contribution is -0.0170. The molecule has 2 aliphatic rings. The van der Waals surface area contributed by atoms with Gasteiger partial charge in [0.2, 0.25) is 5.95 Å². The number of rotatable bonds is 6. The predicted molar refractivity (Wildman–Crippen MR) is 126 cm³/mol. The number of pyridine rings is 1. The van der Waals surface area contributed by atoms with Gasteiger partial charge in [-0.1, -0.05) is 0 Å². The number of halogens is 2. The van der Waals surface area contributed by atoms with Gasteiger partial charge in [-0.3, -0.25) is 0 Å². The van der Waals surface area contributed by atoms with E-state index < -0.39 is 11.6 Å². The van der Waals surface area contributed by atoms with Crippen LogP contribution in [0.25, 0.3) is 22.2 Å². The van der Waals surface area contributed by atoms with Crippen molar-refractivity contribution in [3.05, 3.63) is 30.0 Å². The molecule has 0 spiro atoms. The lowest BCUT2D eigenvalue weighted by Crippen LogP contribution is -2.61. The number of morpholine rings is 1. The third-order valence-corrected chi connectivity index (χ3v) is 6.50. The third kappa shape index (κ3) is 4.08. The van der Waals surface area contributed by atoms with Crippen molar-refractivity contribution in [2.45, 2.75) is 12.5 Å². The van der Waals surface area contributed by atoms with Crippen molar-refractivity contribution in [3.8, 4) is 22.8 Å².